The fraction of sp³-hybridized carbons (Fsp3) is 0.0714. The third-order valence-electron chi connectivity index (χ3n) is 2.38. The lowest BCUT2D eigenvalue weighted by molar-refractivity contribution is 0.101. The van der Waals surface area contributed by atoms with Crippen LogP contribution in [-0.2, 0) is 0 Å². The summed E-state index contributed by atoms with van der Waals surface area (Å²) < 4.78 is 1.01. The predicted molar refractivity (Wildman–Crippen MR) is 74.8 cm³/mol. The number of Topliss-reactive ketones (excluding diaryl/α,β-unsaturated/α-hetero) is 1. The highest BCUT2D eigenvalue weighted by Gasteiger charge is 1.98. The molecule has 3 nitrogen and oxygen atoms in total. The van der Waals surface area contributed by atoms with Crippen molar-refractivity contribution in [2.24, 2.45) is 10.2 Å². The molecule has 0 bridgehead atoms. The first-order valence-electron chi connectivity index (χ1n) is 5.43. The summed E-state index contributed by atoms with van der Waals surface area (Å²) >= 11 is 3.36. The number of carbonyl (C=O) groups is 1. The first-order valence-corrected chi connectivity index (χ1v) is 6.23. The number of carbonyl (C=O) groups excluding carboxylic acids is 1. The summed E-state index contributed by atoms with van der Waals surface area (Å²) in [4.78, 5) is 11.1. The lowest BCUT2D eigenvalue weighted by atomic mass is 10.1. The van der Waals surface area contributed by atoms with Gasteiger partial charge in [-0.05, 0) is 55.5 Å². The minimum Gasteiger partial charge on any atom is -0.295 e. The highest BCUT2D eigenvalue weighted by Crippen LogP contribution is 2.20. The zero-order chi connectivity index (χ0) is 13.0. The monoisotopic (exact) mass is 302 g/mol. The summed E-state index contributed by atoms with van der Waals surface area (Å²) in [7, 11) is 0. The SMILES string of the molecule is CC(=O)c1ccc(N=Nc2ccc(Br)cc2)cc1. The maximum absolute atomic E-state index is 11.1. The molecule has 0 aliphatic heterocycles. The lowest BCUT2D eigenvalue weighted by Gasteiger charge is -1.96. The van der Waals surface area contributed by atoms with Crippen molar-refractivity contribution in [3.8, 4) is 0 Å². The van der Waals surface area contributed by atoms with Crippen LogP contribution in [0.2, 0.25) is 0 Å². The number of benzene rings is 2. The molecule has 0 saturated carbocycles. The molecule has 18 heavy (non-hydrogen) atoms. The van der Waals surface area contributed by atoms with Gasteiger partial charge < -0.3 is 0 Å². The van der Waals surface area contributed by atoms with Gasteiger partial charge in [0.05, 0.1) is 11.4 Å². The third kappa shape index (κ3) is 3.34. The third-order valence-corrected chi connectivity index (χ3v) is 2.91. The van der Waals surface area contributed by atoms with Crippen LogP contribution in [0.15, 0.2) is 63.2 Å². The van der Waals surface area contributed by atoms with Gasteiger partial charge in [0.15, 0.2) is 5.78 Å². The first kappa shape index (κ1) is 12.6. The van der Waals surface area contributed by atoms with Gasteiger partial charge in [-0.15, -0.1) is 0 Å². The molecule has 0 spiro atoms. The molecule has 2 aromatic rings. The van der Waals surface area contributed by atoms with E-state index in [1.54, 1.807) is 31.2 Å². The molecular formula is C14H11BrN2O. The molecule has 0 N–H and O–H groups in total. The van der Waals surface area contributed by atoms with Crippen LogP contribution in [0.3, 0.4) is 0 Å². The second-order valence-corrected chi connectivity index (χ2v) is 4.70. The Balaban J connectivity index is 2.13. The van der Waals surface area contributed by atoms with E-state index >= 15 is 0 Å². The molecule has 0 aliphatic rings. The van der Waals surface area contributed by atoms with E-state index in [0.29, 0.717) is 5.56 Å². The minimum atomic E-state index is 0.0476. The molecule has 90 valence electrons. The van der Waals surface area contributed by atoms with Gasteiger partial charge in [0.1, 0.15) is 0 Å². The van der Waals surface area contributed by atoms with Crippen molar-refractivity contribution in [3.63, 3.8) is 0 Å². The Kier molecular flexibility index (Phi) is 3.99. The number of rotatable bonds is 3. The lowest BCUT2D eigenvalue weighted by Crippen LogP contribution is -1.89. The first-order chi connectivity index (χ1) is 8.65. The van der Waals surface area contributed by atoms with E-state index in [-0.39, 0.29) is 5.78 Å². The maximum atomic E-state index is 11.1. The summed E-state index contributed by atoms with van der Waals surface area (Å²) in [6, 6.07) is 14.6. The number of hydrogen-bond acceptors (Lipinski definition) is 3. The van der Waals surface area contributed by atoms with E-state index in [1.165, 1.54) is 0 Å². The van der Waals surface area contributed by atoms with Gasteiger partial charge in [-0.2, -0.15) is 10.2 Å². The normalized spacial score (nSPS) is 10.8. The van der Waals surface area contributed by atoms with Crippen LogP contribution in [0.4, 0.5) is 11.4 Å². The Morgan fingerprint density at radius 2 is 1.33 bits per heavy atom. The summed E-state index contributed by atoms with van der Waals surface area (Å²) in [6.45, 7) is 1.54. The number of nitrogens with zero attached hydrogens (tertiary/aromatic N) is 2. The molecule has 0 saturated heterocycles. The molecule has 4 heteroatoms. The molecule has 0 unspecified atom stereocenters. The van der Waals surface area contributed by atoms with Gasteiger partial charge in [-0.1, -0.05) is 15.9 Å². The average Bonchev–Trinajstić information content (AvgIpc) is 2.38. The summed E-state index contributed by atoms with van der Waals surface area (Å²) in [6.07, 6.45) is 0. The fourth-order valence-corrected chi connectivity index (χ4v) is 1.65. The number of ketones is 1. The molecule has 0 aromatic heterocycles. The molecule has 2 aromatic carbocycles. The van der Waals surface area contributed by atoms with E-state index in [0.717, 1.165) is 15.8 Å². The van der Waals surface area contributed by atoms with E-state index in [1.807, 2.05) is 24.3 Å². The van der Waals surface area contributed by atoms with Crippen LogP contribution in [0.25, 0.3) is 0 Å². The Bertz CT molecular complexity index is 574. The van der Waals surface area contributed by atoms with Crippen LogP contribution >= 0.6 is 15.9 Å². The molecular weight excluding hydrogens is 292 g/mol. The smallest absolute Gasteiger partial charge is 0.159 e. The molecule has 2 rings (SSSR count). The Morgan fingerprint density at radius 1 is 0.889 bits per heavy atom. The number of azo groups is 1. The van der Waals surface area contributed by atoms with Crippen LogP contribution in [0, 0.1) is 0 Å². The average molecular weight is 303 g/mol. The van der Waals surface area contributed by atoms with Crippen molar-refractivity contribution >= 4 is 33.1 Å². The zero-order valence-corrected chi connectivity index (χ0v) is 11.4. The highest BCUT2D eigenvalue weighted by molar-refractivity contribution is 9.10. The van der Waals surface area contributed by atoms with Crippen LogP contribution < -0.4 is 0 Å². The molecule has 0 atom stereocenters. The van der Waals surface area contributed by atoms with Crippen molar-refractivity contribution in [1.29, 1.82) is 0 Å². The Morgan fingerprint density at radius 3 is 1.78 bits per heavy atom. The predicted octanol–water partition coefficient (Wildman–Crippen LogP) is 5.07. The van der Waals surface area contributed by atoms with Crippen LogP contribution in [0.5, 0.6) is 0 Å². The van der Waals surface area contributed by atoms with E-state index in [9.17, 15) is 4.79 Å². The molecule has 0 radical (unpaired) electrons. The fourth-order valence-electron chi connectivity index (χ4n) is 1.39. The van der Waals surface area contributed by atoms with E-state index in [4.69, 9.17) is 0 Å². The van der Waals surface area contributed by atoms with Gasteiger partial charge in [0, 0.05) is 10.0 Å². The van der Waals surface area contributed by atoms with Gasteiger partial charge in [0.25, 0.3) is 0 Å². The van der Waals surface area contributed by atoms with E-state index in [2.05, 4.69) is 26.2 Å². The molecule has 0 fully saturated rings. The van der Waals surface area contributed by atoms with Crippen molar-refractivity contribution in [3.05, 3.63) is 58.6 Å². The number of halogens is 1. The number of hydrogen-bond donors (Lipinski definition) is 0. The Hall–Kier alpha value is -1.81. The van der Waals surface area contributed by atoms with Crippen molar-refractivity contribution in [2.75, 3.05) is 0 Å². The van der Waals surface area contributed by atoms with Gasteiger partial charge >= 0.3 is 0 Å². The van der Waals surface area contributed by atoms with Gasteiger partial charge in [-0.3, -0.25) is 4.79 Å². The molecule has 0 aliphatic carbocycles. The maximum Gasteiger partial charge on any atom is 0.159 e. The summed E-state index contributed by atoms with van der Waals surface area (Å²) in [5.74, 6) is 0.0476. The zero-order valence-electron chi connectivity index (χ0n) is 9.80. The van der Waals surface area contributed by atoms with Crippen LogP contribution in [-0.4, -0.2) is 5.78 Å². The Labute approximate surface area is 114 Å². The summed E-state index contributed by atoms with van der Waals surface area (Å²) in [5.41, 5.74) is 2.19. The van der Waals surface area contributed by atoms with Crippen molar-refractivity contribution in [1.82, 2.24) is 0 Å². The minimum absolute atomic E-state index is 0.0476. The quantitative estimate of drug-likeness (QED) is 0.576. The van der Waals surface area contributed by atoms with Crippen LogP contribution in [0.1, 0.15) is 17.3 Å². The topological polar surface area (TPSA) is 41.8 Å². The van der Waals surface area contributed by atoms with Crippen molar-refractivity contribution in [2.45, 2.75) is 6.92 Å². The summed E-state index contributed by atoms with van der Waals surface area (Å²) in [5, 5.41) is 8.22. The van der Waals surface area contributed by atoms with Gasteiger partial charge in [0.2, 0.25) is 0 Å². The highest BCUT2D eigenvalue weighted by atomic mass is 79.9. The standard InChI is InChI=1S/C14H11BrN2O/c1-10(18)11-2-6-13(7-3-11)16-17-14-8-4-12(15)5-9-14/h2-9H,1H3. The van der Waals surface area contributed by atoms with Gasteiger partial charge in [-0.25, -0.2) is 0 Å². The van der Waals surface area contributed by atoms with E-state index < -0.39 is 0 Å². The van der Waals surface area contributed by atoms with Crippen molar-refractivity contribution < 1.29 is 4.79 Å². The molecule has 0 amide bonds. The second-order valence-electron chi connectivity index (χ2n) is 3.78. The second kappa shape index (κ2) is 5.69. The molecule has 0 heterocycles. The largest absolute Gasteiger partial charge is 0.295 e.